The van der Waals surface area contributed by atoms with Gasteiger partial charge in [-0.25, -0.2) is 14.8 Å². The van der Waals surface area contributed by atoms with Crippen molar-refractivity contribution < 1.29 is 19.0 Å². The molecule has 0 aliphatic carbocycles. The van der Waals surface area contributed by atoms with Crippen molar-refractivity contribution in [2.45, 2.75) is 32.4 Å². The zero-order valence-corrected chi connectivity index (χ0v) is 16.9. The van der Waals surface area contributed by atoms with Crippen molar-refractivity contribution in [2.24, 2.45) is 9.98 Å². The zero-order chi connectivity index (χ0) is 22.2. The fourth-order valence-electron chi connectivity index (χ4n) is 3.82. The van der Waals surface area contributed by atoms with E-state index in [2.05, 4.69) is 20.1 Å². The van der Waals surface area contributed by atoms with Crippen LogP contribution in [0.4, 0.5) is 10.5 Å². The summed E-state index contributed by atoms with van der Waals surface area (Å²) in [6.45, 7) is 4.02. The second-order valence-corrected chi connectivity index (χ2v) is 6.96. The maximum absolute atomic E-state index is 13.3. The standard InChI is InChI=1S/C19H19N7O5/c1-3-8-24-17(27)16-19(25(4-2)18(24)28,12-6-5-7-13(9-12)26(29)30)23-14(22-16)10-15-20-11-21-31-15/h5-7,9,11H,3-4,8,10H2,1-2H3. The minimum Gasteiger partial charge on any atom is -0.339 e. The number of nitro benzene ring substituents is 1. The summed E-state index contributed by atoms with van der Waals surface area (Å²) in [5.74, 6) is -0.126. The summed E-state index contributed by atoms with van der Waals surface area (Å²) in [6, 6.07) is 5.21. The fraction of sp³-hybridized carbons (Fsp3) is 0.368. The highest BCUT2D eigenvalue weighted by Crippen LogP contribution is 2.41. The third-order valence-corrected chi connectivity index (χ3v) is 5.10. The van der Waals surface area contributed by atoms with E-state index in [9.17, 15) is 19.7 Å². The average molecular weight is 425 g/mol. The molecule has 0 spiro atoms. The van der Waals surface area contributed by atoms with Gasteiger partial charge in [0.2, 0.25) is 11.6 Å². The molecule has 1 aromatic heterocycles. The molecular weight excluding hydrogens is 406 g/mol. The number of imide groups is 1. The number of carbonyl (C=O) groups is 2. The average Bonchev–Trinajstić information content (AvgIpc) is 3.40. The van der Waals surface area contributed by atoms with Crippen LogP contribution in [0.25, 0.3) is 0 Å². The molecule has 1 fully saturated rings. The maximum atomic E-state index is 13.3. The predicted octanol–water partition coefficient (Wildman–Crippen LogP) is 1.92. The van der Waals surface area contributed by atoms with Gasteiger partial charge < -0.3 is 4.52 Å². The molecule has 0 N–H and O–H groups in total. The lowest BCUT2D eigenvalue weighted by molar-refractivity contribution is -0.385. The van der Waals surface area contributed by atoms with Crippen LogP contribution in [0, 0.1) is 10.1 Å². The van der Waals surface area contributed by atoms with Gasteiger partial charge >= 0.3 is 6.03 Å². The van der Waals surface area contributed by atoms with Crippen molar-refractivity contribution in [1.82, 2.24) is 19.9 Å². The number of urea groups is 1. The number of nitro groups is 1. The first-order chi connectivity index (χ1) is 14.9. The zero-order valence-electron chi connectivity index (χ0n) is 16.9. The van der Waals surface area contributed by atoms with E-state index in [0.717, 1.165) is 4.90 Å². The van der Waals surface area contributed by atoms with E-state index in [4.69, 9.17) is 4.52 Å². The molecule has 2 aromatic rings. The summed E-state index contributed by atoms with van der Waals surface area (Å²) in [6.07, 6.45) is 1.85. The lowest BCUT2D eigenvalue weighted by atomic mass is 9.89. The van der Waals surface area contributed by atoms with E-state index < -0.39 is 22.5 Å². The van der Waals surface area contributed by atoms with Gasteiger partial charge in [-0.1, -0.05) is 24.2 Å². The van der Waals surface area contributed by atoms with Crippen LogP contribution < -0.4 is 0 Å². The van der Waals surface area contributed by atoms with Gasteiger partial charge in [0.05, 0.1) is 11.3 Å². The van der Waals surface area contributed by atoms with Crippen LogP contribution in [0.1, 0.15) is 31.7 Å². The number of fused-ring (bicyclic) bond motifs is 1. The van der Waals surface area contributed by atoms with Crippen molar-refractivity contribution >= 4 is 29.2 Å². The quantitative estimate of drug-likeness (QED) is 0.486. The number of hydrogen-bond acceptors (Lipinski definition) is 9. The Morgan fingerprint density at radius 2 is 2.06 bits per heavy atom. The molecule has 0 saturated carbocycles. The van der Waals surface area contributed by atoms with Crippen LogP contribution in [0.15, 0.2) is 45.1 Å². The Morgan fingerprint density at radius 1 is 1.26 bits per heavy atom. The first-order valence-electron chi connectivity index (χ1n) is 9.74. The van der Waals surface area contributed by atoms with Gasteiger partial charge in [0.15, 0.2) is 12.0 Å². The Balaban J connectivity index is 1.92. The number of aromatic nitrogens is 2. The van der Waals surface area contributed by atoms with Crippen LogP contribution in [-0.2, 0) is 16.9 Å². The van der Waals surface area contributed by atoms with Crippen molar-refractivity contribution in [3.05, 3.63) is 52.2 Å². The summed E-state index contributed by atoms with van der Waals surface area (Å²) in [5.41, 5.74) is -1.47. The molecular formula is C19H19N7O5. The number of benzene rings is 1. The summed E-state index contributed by atoms with van der Waals surface area (Å²) in [4.78, 5) is 53.0. The highest BCUT2D eigenvalue weighted by Gasteiger charge is 2.58. The molecule has 1 unspecified atom stereocenters. The molecule has 2 aliphatic heterocycles. The third kappa shape index (κ3) is 3.16. The molecule has 12 heteroatoms. The lowest BCUT2D eigenvalue weighted by Gasteiger charge is -2.45. The molecule has 1 aromatic carbocycles. The van der Waals surface area contributed by atoms with Gasteiger partial charge in [0.25, 0.3) is 11.6 Å². The van der Waals surface area contributed by atoms with Crippen molar-refractivity contribution in [3.8, 4) is 0 Å². The molecule has 1 saturated heterocycles. The summed E-state index contributed by atoms with van der Waals surface area (Å²) in [7, 11) is 0. The Bertz CT molecular complexity index is 1110. The van der Waals surface area contributed by atoms with Crippen molar-refractivity contribution in [1.29, 1.82) is 0 Å². The molecule has 2 aliphatic rings. The molecule has 4 rings (SSSR count). The van der Waals surface area contributed by atoms with Gasteiger partial charge in [0, 0.05) is 30.8 Å². The van der Waals surface area contributed by atoms with Crippen LogP contribution in [0.3, 0.4) is 0 Å². The van der Waals surface area contributed by atoms with E-state index >= 15 is 0 Å². The van der Waals surface area contributed by atoms with E-state index in [-0.39, 0.29) is 42.6 Å². The number of amidine groups is 1. The van der Waals surface area contributed by atoms with Crippen LogP contribution in [-0.4, -0.2) is 61.4 Å². The topological polar surface area (TPSA) is 147 Å². The number of amides is 3. The summed E-state index contributed by atoms with van der Waals surface area (Å²) < 4.78 is 5.02. The first kappa shape index (κ1) is 20.3. The van der Waals surface area contributed by atoms with Gasteiger partial charge in [-0.05, 0) is 13.3 Å². The maximum Gasteiger partial charge on any atom is 0.329 e. The Hall–Kier alpha value is -3.96. The Labute approximate surface area is 176 Å². The molecule has 3 amide bonds. The highest BCUT2D eigenvalue weighted by atomic mass is 16.6. The van der Waals surface area contributed by atoms with Gasteiger partial charge in [-0.15, -0.1) is 0 Å². The number of hydrogen-bond donors (Lipinski definition) is 0. The molecule has 0 bridgehead atoms. The number of non-ortho nitro benzene ring substituents is 1. The number of carbonyl (C=O) groups excluding carboxylic acids is 2. The normalized spacial score (nSPS) is 20.6. The Morgan fingerprint density at radius 3 is 2.71 bits per heavy atom. The second-order valence-electron chi connectivity index (χ2n) is 6.96. The Kier molecular flexibility index (Phi) is 5.05. The van der Waals surface area contributed by atoms with E-state index in [1.54, 1.807) is 13.0 Å². The molecule has 0 radical (unpaired) electrons. The fourth-order valence-corrected chi connectivity index (χ4v) is 3.82. The third-order valence-electron chi connectivity index (χ3n) is 5.10. The van der Waals surface area contributed by atoms with Gasteiger partial charge in [-0.2, -0.15) is 4.98 Å². The largest absolute Gasteiger partial charge is 0.339 e. The smallest absolute Gasteiger partial charge is 0.329 e. The van der Waals surface area contributed by atoms with E-state index in [1.165, 1.54) is 29.4 Å². The summed E-state index contributed by atoms with van der Waals surface area (Å²) >= 11 is 0. The van der Waals surface area contributed by atoms with Crippen LogP contribution in [0.2, 0.25) is 0 Å². The molecule has 3 heterocycles. The lowest BCUT2D eigenvalue weighted by Crippen LogP contribution is -2.66. The van der Waals surface area contributed by atoms with Crippen molar-refractivity contribution in [3.63, 3.8) is 0 Å². The van der Waals surface area contributed by atoms with Gasteiger partial charge in [0.1, 0.15) is 5.84 Å². The van der Waals surface area contributed by atoms with Crippen LogP contribution >= 0.6 is 0 Å². The monoisotopic (exact) mass is 425 g/mol. The predicted molar refractivity (Wildman–Crippen MR) is 107 cm³/mol. The SMILES string of the molecule is CCCN1C(=O)C2=NC(Cc3ncno3)=NC2(c2cccc([N+](=O)[O-])c2)N(CC)C1=O. The molecule has 1 atom stereocenters. The van der Waals surface area contributed by atoms with Crippen LogP contribution in [0.5, 0.6) is 0 Å². The van der Waals surface area contributed by atoms with E-state index in [1.807, 2.05) is 6.92 Å². The summed E-state index contributed by atoms with van der Waals surface area (Å²) in [5, 5.41) is 14.9. The highest BCUT2D eigenvalue weighted by molar-refractivity contribution is 6.48. The number of rotatable bonds is 7. The van der Waals surface area contributed by atoms with Gasteiger partial charge in [-0.3, -0.25) is 24.7 Å². The second kappa shape index (κ2) is 7.70. The molecule has 12 nitrogen and oxygen atoms in total. The minimum absolute atomic E-state index is 0.0115. The minimum atomic E-state index is -1.60. The number of aliphatic imine (C=N–C) groups is 2. The number of nitrogens with zero attached hydrogens (tertiary/aromatic N) is 7. The molecule has 31 heavy (non-hydrogen) atoms. The first-order valence-corrected chi connectivity index (χ1v) is 9.74. The molecule has 160 valence electrons. The van der Waals surface area contributed by atoms with Crippen molar-refractivity contribution in [2.75, 3.05) is 13.1 Å². The van der Waals surface area contributed by atoms with E-state index in [0.29, 0.717) is 12.0 Å².